The fourth-order valence-electron chi connectivity index (χ4n) is 1.64. The van der Waals surface area contributed by atoms with E-state index >= 15 is 0 Å². The molecule has 8 nitrogen and oxygen atoms in total. The van der Waals surface area contributed by atoms with Gasteiger partial charge in [0.25, 0.3) is 5.56 Å². The Kier molecular flexibility index (Phi) is 3.16. The Morgan fingerprint density at radius 2 is 2.05 bits per heavy atom. The Morgan fingerprint density at radius 1 is 1.37 bits per heavy atom. The molecule has 0 N–H and O–H groups in total. The molecule has 0 saturated heterocycles. The van der Waals surface area contributed by atoms with E-state index in [2.05, 4.69) is 14.9 Å². The molecule has 100 valence electrons. The average Bonchev–Trinajstić information content (AvgIpc) is 2.75. The number of Topliss-reactive ketones (excluding diaryl/α,β-unsaturated/α-hetero) is 1. The molecular formula is C11H12N4O4. The van der Waals surface area contributed by atoms with Crippen LogP contribution in [0.1, 0.15) is 28.7 Å². The van der Waals surface area contributed by atoms with Crippen LogP contribution in [0.2, 0.25) is 0 Å². The third-order valence-electron chi connectivity index (χ3n) is 2.80. The second-order valence-corrected chi connectivity index (χ2v) is 4.17. The van der Waals surface area contributed by atoms with Crippen LogP contribution in [-0.2, 0) is 13.6 Å². The van der Waals surface area contributed by atoms with E-state index < -0.39 is 17.0 Å². The van der Waals surface area contributed by atoms with Gasteiger partial charge >= 0.3 is 5.69 Å². The smallest absolute Gasteiger partial charge is 0.294 e. The van der Waals surface area contributed by atoms with Gasteiger partial charge in [0, 0.05) is 13.2 Å². The van der Waals surface area contributed by atoms with Crippen molar-refractivity contribution in [3.05, 3.63) is 44.0 Å². The first-order valence-electron chi connectivity index (χ1n) is 5.51. The highest BCUT2D eigenvalue weighted by atomic mass is 16.6. The zero-order valence-electron chi connectivity index (χ0n) is 10.7. The van der Waals surface area contributed by atoms with E-state index in [0.29, 0.717) is 11.4 Å². The van der Waals surface area contributed by atoms with Gasteiger partial charge in [-0.25, -0.2) is 9.42 Å². The fraction of sp³-hybridized carbons (Fsp3) is 0.364. The SMILES string of the molecule is CC(=O)c1cn(Cc2nonc2C)c(=O)n(C)c1=O. The second kappa shape index (κ2) is 4.63. The van der Waals surface area contributed by atoms with Gasteiger partial charge in [0.2, 0.25) is 0 Å². The Labute approximate surface area is 107 Å². The van der Waals surface area contributed by atoms with Crippen LogP contribution < -0.4 is 11.2 Å². The maximum Gasteiger partial charge on any atom is 0.331 e. The summed E-state index contributed by atoms with van der Waals surface area (Å²) in [6, 6.07) is 0. The number of carbonyl (C=O) groups is 1. The van der Waals surface area contributed by atoms with Gasteiger partial charge in [-0.1, -0.05) is 10.3 Å². The molecule has 0 aliphatic rings. The molecule has 0 aliphatic heterocycles. The minimum absolute atomic E-state index is 0.0452. The normalized spacial score (nSPS) is 10.7. The van der Waals surface area contributed by atoms with Crippen LogP contribution in [-0.4, -0.2) is 25.2 Å². The lowest BCUT2D eigenvalue weighted by Crippen LogP contribution is -2.40. The number of nitrogens with zero attached hydrogens (tertiary/aromatic N) is 4. The largest absolute Gasteiger partial charge is 0.331 e. The summed E-state index contributed by atoms with van der Waals surface area (Å²) >= 11 is 0. The summed E-state index contributed by atoms with van der Waals surface area (Å²) in [7, 11) is 1.32. The molecule has 8 heteroatoms. The summed E-state index contributed by atoms with van der Waals surface area (Å²) in [4.78, 5) is 35.0. The zero-order chi connectivity index (χ0) is 14.2. The van der Waals surface area contributed by atoms with Gasteiger partial charge in [-0.05, 0) is 13.8 Å². The summed E-state index contributed by atoms with van der Waals surface area (Å²) in [6.07, 6.45) is 1.24. The maximum atomic E-state index is 11.9. The van der Waals surface area contributed by atoms with E-state index in [0.717, 1.165) is 4.57 Å². The number of aromatic nitrogens is 4. The predicted octanol–water partition coefficient (Wildman–Crippen LogP) is -0.511. The van der Waals surface area contributed by atoms with E-state index in [1.165, 1.54) is 24.7 Å². The summed E-state index contributed by atoms with van der Waals surface area (Å²) in [5.74, 6) is -0.399. The standard InChI is InChI=1S/C11H12N4O4/c1-6-9(13-19-12-6)5-15-4-8(7(2)16)10(17)14(3)11(15)18/h4H,5H2,1-3H3. The van der Waals surface area contributed by atoms with Crippen LogP contribution in [0.15, 0.2) is 20.4 Å². The highest BCUT2D eigenvalue weighted by molar-refractivity contribution is 5.93. The second-order valence-electron chi connectivity index (χ2n) is 4.17. The third-order valence-corrected chi connectivity index (χ3v) is 2.80. The van der Waals surface area contributed by atoms with Crippen molar-refractivity contribution in [2.45, 2.75) is 20.4 Å². The molecule has 2 aromatic heterocycles. The van der Waals surface area contributed by atoms with Crippen molar-refractivity contribution < 1.29 is 9.42 Å². The molecule has 0 amide bonds. The molecular weight excluding hydrogens is 252 g/mol. The highest BCUT2D eigenvalue weighted by Crippen LogP contribution is 2.02. The number of hydrogen-bond acceptors (Lipinski definition) is 6. The molecule has 0 radical (unpaired) electrons. The molecule has 0 spiro atoms. The van der Waals surface area contributed by atoms with Crippen molar-refractivity contribution in [3.8, 4) is 0 Å². The first-order valence-corrected chi connectivity index (χ1v) is 5.51. The summed E-state index contributed by atoms with van der Waals surface area (Å²) in [6.45, 7) is 3.04. The summed E-state index contributed by atoms with van der Waals surface area (Å²) in [5, 5.41) is 7.26. The number of hydrogen-bond donors (Lipinski definition) is 0. The van der Waals surface area contributed by atoms with Crippen molar-refractivity contribution in [3.63, 3.8) is 0 Å². The van der Waals surface area contributed by atoms with Gasteiger partial charge in [-0.2, -0.15) is 0 Å². The molecule has 0 atom stereocenters. The quantitative estimate of drug-likeness (QED) is 0.692. The lowest BCUT2D eigenvalue weighted by atomic mass is 10.2. The average molecular weight is 264 g/mol. The van der Waals surface area contributed by atoms with E-state index in [1.807, 2.05) is 0 Å². The van der Waals surface area contributed by atoms with Crippen LogP contribution in [0.4, 0.5) is 0 Å². The molecule has 0 fully saturated rings. The van der Waals surface area contributed by atoms with Gasteiger partial charge in [0.1, 0.15) is 11.4 Å². The number of ketones is 1. The van der Waals surface area contributed by atoms with E-state index in [1.54, 1.807) is 6.92 Å². The fourth-order valence-corrected chi connectivity index (χ4v) is 1.64. The van der Waals surface area contributed by atoms with E-state index in [4.69, 9.17) is 0 Å². The minimum Gasteiger partial charge on any atom is -0.294 e. The number of aryl methyl sites for hydroxylation is 1. The summed E-state index contributed by atoms with van der Waals surface area (Å²) in [5.41, 5.74) is -0.169. The molecule has 2 aromatic rings. The molecule has 0 bridgehead atoms. The van der Waals surface area contributed by atoms with Gasteiger partial charge < -0.3 is 0 Å². The Morgan fingerprint density at radius 3 is 2.58 bits per heavy atom. The Hall–Kier alpha value is -2.51. The molecule has 0 saturated carbocycles. The zero-order valence-corrected chi connectivity index (χ0v) is 10.7. The van der Waals surface area contributed by atoms with Crippen LogP contribution in [0.5, 0.6) is 0 Å². The van der Waals surface area contributed by atoms with E-state index in [9.17, 15) is 14.4 Å². The van der Waals surface area contributed by atoms with Crippen molar-refractivity contribution in [1.29, 1.82) is 0 Å². The predicted molar refractivity (Wildman–Crippen MR) is 64.1 cm³/mol. The van der Waals surface area contributed by atoms with Gasteiger partial charge in [-0.15, -0.1) is 0 Å². The highest BCUT2D eigenvalue weighted by Gasteiger charge is 2.14. The molecule has 19 heavy (non-hydrogen) atoms. The maximum absolute atomic E-state index is 11.9. The first kappa shape index (κ1) is 12.9. The lowest BCUT2D eigenvalue weighted by molar-refractivity contribution is 0.101. The molecule has 0 unspecified atom stereocenters. The Bertz CT molecular complexity index is 753. The van der Waals surface area contributed by atoms with Gasteiger partial charge in [-0.3, -0.25) is 18.7 Å². The third kappa shape index (κ3) is 2.24. The topological polar surface area (TPSA) is 100.0 Å². The van der Waals surface area contributed by atoms with Crippen LogP contribution >= 0.6 is 0 Å². The van der Waals surface area contributed by atoms with Gasteiger partial charge in [0.05, 0.1) is 12.1 Å². The van der Waals surface area contributed by atoms with Crippen molar-refractivity contribution in [2.75, 3.05) is 0 Å². The van der Waals surface area contributed by atoms with Crippen molar-refractivity contribution in [1.82, 2.24) is 19.4 Å². The first-order chi connectivity index (χ1) is 8.91. The monoisotopic (exact) mass is 264 g/mol. The van der Waals surface area contributed by atoms with Gasteiger partial charge in [0.15, 0.2) is 5.78 Å². The number of rotatable bonds is 3. The summed E-state index contributed by atoms with van der Waals surface area (Å²) < 4.78 is 6.65. The van der Waals surface area contributed by atoms with Crippen molar-refractivity contribution in [2.24, 2.45) is 7.05 Å². The lowest BCUT2D eigenvalue weighted by Gasteiger charge is -2.07. The molecule has 2 rings (SSSR count). The van der Waals surface area contributed by atoms with Crippen LogP contribution in [0.25, 0.3) is 0 Å². The number of carbonyl (C=O) groups excluding carboxylic acids is 1. The van der Waals surface area contributed by atoms with Crippen molar-refractivity contribution >= 4 is 5.78 Å². The van der Waals surface area contributed by atoms with Crippen LogP contribution in [0.3, 0.4) is 0 Å². The Balaban J connectivity index is 2.59. The van der Waals surface area contributed by atoms with E-state index in [-0.39, 0.29) is 12.1 Å². The molecule has 2 heterocycles. The molecule has 0 aliphatic carbocycles. The molecule has 0 aromatic carbocycles. The van der Waals surface area contributed by atoms with Crippen LogP contribution in [0, 0.1) is 6.92 Å². The minimum atomic E-state index is -0.608.